The topological polar surface area (TPSA) is 88.3 Å². The minimum atomic E-state index is -0.907. The summed E-state index contributed by atoms with van der Waals surface area (Å²) < 4.78 is 5.40. The number of hydrogen-bond acceptors (Lipinski definition) is 5. The number of aliphatic carboxylic acids is 1. The molecule has 1 heterocycles. The van der Waals surface area contributed by atoms with Gasteiger partial charge in [0.25, 0.3) is 0 Å². The SMILES string of the molecule is CC(NCc1nnc(C(C)(C)C)o1)C(=O)O. The predicted octanol–water partition coefficient (Wildman–Crippen LogP) is 0.930. The molecule has 6 heteroatoms. The molecule has 0 saturated carbocycles. The molecule has 0 aromatic carbocycles. The third-order valence-corrected chi connectivity index (χ3v) is 2.04. The van der Waals surface area contributed by atoms with Gasteiger partial charge in [-0.05, 0) is 6.92 Å². The number of nitrogens with one attached hydrogen (secondary N) is 1. The summed E-state index contributed by atoms with van der Waals surface area (Å²) >= 11 is 0. The molecule has 90 valence electrons. The molecule has 1 aromatic heterocycles. The lowest BCUT2D eigenvalue weighted by Crippen LogP contribution is -2.33. The first-order valence-electron chi connectivity index (χ1n) is 5.10. The average molecular weight is 227 g/mol. The zero-order chi connectivity index (χ0) is 12.3. The zero-order valence-corrected chi connectivity index (χ0v) is 9.94. The van der Waals surface area contributed by atoms with Crippen molar-refractivity contribution in [3.05, 3.63) is 11.8 Å². The molecule has 1 aromatic rings. The highest BCUT2D eigenvalue weighted by Crippen LogP contribution is 2.20. The third-order valence-electron chi connectivity index (χ3n) is 2.04. The first-order valence-corrected chi connectivity index (χ1v) is 5.10. The second-order valence-corrected chi connectivity index (χ2v) is 4.69. The molecule has 0 spiro atoms. The molecule has 0 bridgehead atoms. The maximum absolute atomic E-state index is 10.6. The van der Waals surface area contributed by atoms with Crippen LogP contribution in [-0.2, 0) is 16.8 Å². The normalized spacial score (nSPS) is 13.8. The van der Waals surface area contributed by atoms with Crippen LogP contribution in [0.4, 0.5) is 0 Å². The summed E-state index contributed by atoms with van der Waals surface area (Å²) in [5.74, 6) is 0.0425. The Morgan fingerprint density at radius 2 is 2.12 bits per heavy atom. The molecule has 1 unspecified atom stereocenters. The van der Waals surface area contributed by atoms with E-state index in [1.165, 1.54) is 0 Å². The molecule has 0 aliphatic rings. The van der Waals surface area contributed by atoms with E-state index in [-0.39, 0.29) is 12.0 Å². The summed E-state index contributed by atoms with van der Waals surface area (Å²) in [6.45, 7) is 7.73. The van der Waals surface area contributed by atoms with Crippen molar-refractivity contribution in [3.8, 4) is 0 Å². The molecule has 6 nitrogen and oxygen atoms in total. The number of carboxylic acid groups (broad SMARTS) is 1. The predicted molar refractivity (Wildman–Crippen MR) is 56.9 cm³/mol. The van der Waals surface area contributed by atoms with Gasteiger partial charge in [-0.2, -0.15) is 0 Å². The fourth-order valence-corrected chi connectivity index (χ4v) is 0.956. The lowest BCUT2D eigenvalue weighted by atomic mass is 9.97. The van der Waals surface area contributed by atoms with Crippen LogP contribution in [0.2, 0.25) is 0 Å². The fraction of sp³-hybridized carbons (Fsp3) is 0.700. The summed E-state index contributed by atoms with van der Waals surface area (Å²) in [6.07, 6.45) is 0. The molecule has 1 atom stereocenters. The summed E-state index contributed by atoms with van der Waals surface area (Å²) in [5.41, 5.74) is -0.191. The van der Waals surface area contributed by atoms with Crippen LogP contribution in [0.5, 0.6) is 0 Å². The summed E-state index contributed by atoms with van der Waals surface area (Å²) in [7, 11) is 0. The van der Waals surface area contributed by atoms with Crippen molar-refractivity contribution in [2.24, 2.45) is 0 Å². The Labute approximate surface area is 94.1 Å². The van der Waals surface area contributed by atoms with Crippen molar-refractivity contribution in [3.63, 3.8) is 0 Å². The fourth-order valence-electron chi connectivity index (χ4n) is 0.956. The molecule has 0 aliphatic heterocycles. The van der Waals surface area contributed by atoms with E-state index in [1.54, 1.807) is 6.92 Å². The van der Waals surface area contributed by atoms with Gasteiger partial charge in [-0.15, -0.1) is 10.2 Å². The van der Waals surface area contributed by atoms with Crippen LogP contribution >= 0.6 is 0 Å². The first-order chi connectivity index (χ1) is 7.30. The molecule has 0 saturated heterocycles. The average Bonchev–Trinajstić information content (AvgIpc) is 2.61. The number of nitrogens with zero attached hydrogens (tertiary/aromatic N) is 2. The first kappa shape index (κ1) is 12.6. The number of rotatable bonds is 4. The molecule has 0 fully saturated rings. The van der Waals surface area contributed by atoms with Gasteiger partial charge in [0.05, 0.1) is 6.54 Å². The van der Waals surface area contributed by atoms with Gasteiger partial charge < -0.3 is 9.52 Å². The van der Waals surface area contributed by atoms with Crippen LogP contribution in [0.15, 0.2) is 4.42 Å². The molecule has 0 amide bonds. The Morgan fingerprint density at radius 1 is 1.50 bits per heavy atom. The standard InChI is InChI=1S/C10H17N3O3/c1-6(8(14)15)11-5-7-12-13-9(16-7)10(2,3)4/h6,11H,5H2,1-4H3,(H,14,15). The molecule has 0 radical (unpaired) electrons. The lowest BCUT2D eigenvalue weighted by molar-refractivity contribution is -0.139. The van der Waals surface area contributed by atoms with Gasteiger partial charge in [0, 0.05) is 5.41 Å². The van der Waals surface area contributed by atoms with Crippen molar-refractivity contribution < 1.29 is 14.3 Å². The molecule has 1 rings (SSSR count). The van der Waals surface area contributed by atoms with Gasteiger partial charge in [0.1, 0.15) is 6.04 Å². The minimum absolute atomic E-state index is 0.191. The smallest absolute Gasteiger partial charge is 0.320 e. The van der Waals surface area contributed by atoms with E-state index in [0.29, 0.717) is 11.8 Å². The Kier molecular flexibility index (Phi) is 3.64. The van der Waals surface area contributed by atoms with Crippen LogP contribution in [0.1, 0.15) is 39.5 Å². The second kappa shape index (κ2) is 4.61. The van der Waals surface area contributed by atoms with Crippen molar-refractivity contribution in [2.45, 2.75) is 45.7 Å². The Morgan fingerprint density at radius 3 is 2.56 bits per heavy atom. The van der Waals surface area contributed by atoms with Crippen molar-refractivity contribution in [1.82, 2.24) is 15.5 Å². The van der Waals surface area contributed by atoms with Gasteiger partial charge in [-0.1, -0.05) is 20.8 Å². The van der Waals surface area contributed by atoms with E-state index < -0.39 is 12.0 Å². The van der Waals surface area contributed by atoms with Crippen LogP contribution in [0.3, 0.4) is 0 Å². The van der Waals surface area contributed by atoms with Crippen molar-refractivity contribution >= 4 is 5.97 Å². The minimum Gasteiger partial charge on any atom is -0.480 e. The van der Waals surface area contributed by atoms with E-state index >= 15 is 0 Å². The molecule has 0 aliphatic carbocycles. The lowest BCUT2D eigenvalue weighted by Gasteiger charge is -2.11. The van der Waals surface area contributed by atoms with Crippen LogP contribution in [-0.4, -0.2) is 27.3 Å². The Balaban J connectivity index is 2.57. The van der Waals surface area contributed by atoms with Crippen molar-refractivity contribution in [1.29, 1.82) is 0 Å². The zero-order valence-electron chi connectivity index (χ0n) is 9.94. The van der Waals surface area contributed by atoms with Gasteiger partial charge in [-0.25, -0.2) is 0 Å². The van der Waals surface area contributed by atoms with E-state index in [2.05, 4.69) is 15.5 Å². The van der Waals surface area contributed by atoms with Crippen molar-refractivity contribution in [2.75, 3.05) is 0 Å². The van der Waals surface area contributed by atoms with Gasteiger partial charge in [-0.3, -0.25) is 10.1 Å². The maximum Gasteiger partial charge on any atom is 0.320 e. The van der Waals surface area contributed by atoms with Gasteiger partial charge >= 0.3 is 5.97 Å². The molecular weight excluding hydrogens is 210 g/mol. The molecule has 16 heavy (non-hydrogen) atoms. The monoisotopic (exact) mass is 227 g/mol. The van der Waals surface area contributed by atoms with Gasteiger partial charge in [0.2, 0.25) is 11.8 Å². The highest BCUT2D eigenvalue weighted by Gasteiger charge is 2.21. The largest absolute Gasteiger partial charge is 0.480 e. The third kappa shape index (κ3) is 3.30. The number of hydrogen-bond donors (Lipinski definition) is 2. The summed E-state index contributed by atoms with van der Waals surface area (Å²) in [4.78, 5) is 10.6. The highest BCUT2D eigenvalue weighted by atomic mass is 16.4. The van der Waals surface area contributed by atoms with E-state index in [4.69, 9.17) is 9.52 Å². The number of carbonyl (C=O) groups is 1. The Bertz CT molecular complexity index is 368. The summed E-state index contributed by atoms with van der Waals surface area (Å²) in [6, 6.07) is -0.634. The number of aromatic nitrogens is 2. The van der Waals surface area contributed by atoms with Crippen LogP contribution < -0.4 is 5.32 Å². The Hall–Kier alpha value is -1.43. The van der Waals surface area contributed by atoms with E-state index in [1.807, 2.05) is 20.8 Å². The summed E-state index contributed by atoms with van der Waals surface area (Å²) in [5, 5.41) is 19.2. The quantitative estimate of drug-likeness (QED) is 0.795. The van der Waals surface area contributed by atoms with E-state index in [0.717, 1.165) is 0 Å². The number of carboxylic acids is 1. The molecular formula is C10H17N3O3. The molecule has 2 N–H and O–H groups in total. The highest BCUT2D eigenvalue weighted by molar-refractivity contribution is 5.72. The van der Waals surface area contributed by atoms with Crippen LogP contribution in [0, 0.1) is 0 Å². The van der Waals surface area contributed by atoms with Gasteiger partial charge in [0.15, 0.2) is 0 Å². The van der Waals surface area contributed by atoms with E-state index in [9.17, 15) is 4.79 Å². The second-order valence-electron chi connectivity index (χ2n) is 4.69. The van der Waals surface area contributed by atoms with Crippen LogP contribution in [0.25, 0.3) is 0 Å². The maximum atomic E-state index is 10.6.